The summed E-state index contributed by atoms with van der Waals surface area (Å²) < 4.78 is 1.73. The van der Waals surface area contributed by atoms with Crippen LogP contribution in [-0.4, -0.2) is 52.9 Å². The third-order valence-electron chi connectivity index (χ3n) is 4.86. The standard InChI is InChI=1S/C19H22N8O/c1-4-21-17(11-20-2)23-19(28)27-13-7-10-26(12-13)16-6-5-14(22-18(16)27)15-8-9-25(3)24-15/h4-6,8-9,11,13H,2,7,10,12H2,1,3H3,(H,23,28)/b17-11+,21-4-/t13-/m0/s1. The molecule has 2 aliphatic heterocycles. The van der Waals surface area contributed by atoms with Gasteiger partial charge >= 0.3 is 6.03 Å². The zero-order chi connectivity index (χ0) is 19.7. The first-order valence-corrected chi connectivity index (χ1v) is 9.11. The van der Waals surface area contributed by atoms with Gasteiger partial charge < -0.3 is 4.90 Å². The third kappa shape index (κ3) is 3.15. The first-order chi connectivity index (χ1) is 13.6. The summed E-state index contributed by atoms with van der Waals surface area (Å²) in [4.78, 5) is 29.8. The zero-order valence-corrected chi connectivity index (χ0v) is 15.9. The van der Waals surface area contributed by atoms with Crippen molar-refractivity contribution in [1.29, 1.82) is 0 Å². The summed E-state index contributed by atoms with van der Waals surface area (Å²) in [5.74, 6) is 0.978. The van der Waals surface area contributed by atoms with Crippen LogP contribution in [0.1, 0.15) is 13.3 Å². The third-order valence-corrected chi connectivity index (χ3v) is 4.86. The molecular weight excluding hydrogens is 356 g/mol. The fourth-order valence-electron chi connectivity index (χ4n) is 3.66. The minimum Gasteiger partial charge on any atom is -0.366 e. The molecule has 1 atom stereocenters. The molecule has 2 amide bonds. The number of amides is 2. The van der Waals surface area contributed by atoms with Gasteiger partial charge in [-0.05, 0) is 38.3 Å². The van der Waals surface area contributed by atoms with Crippen LogP contribution in [0.4, 0.5) is 16.3 Å². The minimum atomic E-state index is -0.279. The van der Waals surface area contributed by atoms with Gasteiger partial charge in [-0.2, -0.15) is 5.10 Å². The van der Waals surface area contributed by atoms with E-state index in [4.69, 9.17) is 4.98 Å². The normalized spacial score (nSPS) is 18.5. The Morgan fingerprint density at radius 3 is 2.93 bits per heavy atom. The summed E-state index contributed by atoms with van der Waals surface area (Å²) in [6, 6.07) is 5.65. The topological polar surface area (TPSA) is 91.0 Å². The Bertz CT molecular complexity index is 976. The first-order valence-electron chi connectivity index (χ1n) is 9.11. The number of aryl methyl sites for hydroxylation is 1. The van der Waals surface area contributed by atoms with E-state index in [1.54, 1.807) is 22.7 Å². The van der Waals surface area contributed by atoms with Gasteiger partial charge in [-0.15, -0.1) is 0 Å². The van der Waals surface area contributed by atoms with E-state index in [2.05, 4.69) is 32.0 Å². The highest BCUT2D eigenvalue weighted by Crippen LogP contribution is 2.39. The summed E-state index contributed by atoms with van der Waals surface area (Å²) in [5, 5.41) is 7.24. The maximum absolute atomic E-state index is 13.1. The van der Waals surface area contributed by atoms with Crippen molar-refractivity contribution >= 4 is 30.5 Å². The Kier molecular flexibility index (Phi) is 4.64. The number of hydrogen-bond acceptors (Lipinski definition) is 6. The van der Waals surface area contributed by atoms with Crippen LogP contribution >= 0.6 is 0 Å². The van der Waals surface area contributed by atoms with Crippen LogP contribution in [0.3, 0.4) is 0 Å². The van der Waals surface area contributed by atoms with Crippen LogP contribution in [0, 0.1) is 0 Å². The highest BCUT2D eigenvalue weighted by Gasteiger charge is 2.40. The molecule has 2 bridgehead atoms. The van der Waals surface area contributed by atoms with E-state index in [0.29, 0.717) is 11.6 Å². The molecule has 0 spiro atoms. The lowest BCUT2D eigenvalue weighted by molar-refractivity contribution is 0.246. The van der Waals surface area contributed by atoms with Gasteiger partial charge in [-0.1, -0.05) is 0 Å². The second kappa shape index (κ2) is 7.26. The van der Waals surface area contributed by atoms with Crippen molar-refractivity contribution in [3.63, 3.8) is 0 Å². The highest BCUT2D eigenvalue weighted by atomic mass is 16.2. The van der Waals surface area contributed by atoms with Gasteiger partial charge in [0, 0.05) is 32.5 Å². The van der Waals surface area contributed by atoms with E-state index in [0.717, 1.165) is 36.6 Å². The molecule has 144 valence electrons. The molecule has 28 heavy (non-hydrogen) atoms. The van der Waals surface area contributed by atoms with E-state index in [9.17, 15) is 4.79 Å². The molecule has 0 aromatic carbocycles. The molecule has 0 radical (unpaired) electrons. The van der Waals surface area contributed by atoms with Gasteiger partial charge in [0.2, 0.25) is 0 Å². The summed E-state index contributed by atoms with van der Waals surface area (Å²) in [6.45, 7) is 6.89. The fraction of sp³-hybridized carbons (Fsp3) is 0.316. The molecular formula is C19H22N8O. The average Bonchev–Trinajstić information content (AvgIpc) is 3.29. The second-order valence-corrected chi connectivity index (χ2v) is 6.69. The predicted molar refractivity (Wildman–Crippen MR) is 110 cm³/mol. The molecule has 1 saturated heterocycles. The van der Waals surface area contributed by atoms with Gasteiger partial charge in [0.15, 0.2) is 11.6 Å². The Labute approximate surface area is 163 Å². The Morgan fingerprint density at radius 2 is 2.21 bits per heavy atom. The van der Waals surface area contributed by atoms with E-state index in [1.165, 1.54) is 6.20 Å². The van der Waals surface area contributed by atoms with Crippen molar-refractivity contribution in [2.75, 3.05) is 22.9 Å². The van der Waals surface area contributed by atoms with Gasteiger partial charge in [-0.3, -0.25) is 19.9 Å². The number of nitrogens with one attached hydrogen (secondary N) is 1. The van der Waals surface area contributed by atoms with Crippen LogP contribution in [0.15, 0.2) is 46.4 Å². The Morgan fingerprint density at radius 1 is 1.36 bits per heavy atom. The van der Waals surface area contributed by atoms with Gasteiger partial charge in [-0.25, -0.2) is 14.8 Å². The monoisotopic (exact) mass is 378 g/mol. The number of aliphatic imine (C=N–C) groups is 2. The number of urea groups is 1. The molecule has 0 aliphatic carbocycles. The van der Waals surface area contributed by atoms with Crippen LogP contribution < -0.4 is 15.1 Å². The maximum atomic E-state index is 13.1. The molecule has 1 N–H and O–H groups in total. The van der Waals surface area contributed by atoms with Crippen LogP contribution in [0.25, 0.3) is 11.4 Å². The molecule has 0 unspecified atom stereocenters. The minimum absolute atomic E-state index is 0.0579. The molecule has 9 heteroatoms. The van der Waals surface area contributed by atoms with Crippen molar-refractivity contribution in [1.82, 2.24) is 20.1 Å². The number of hydrogen-bond donors (Lipinski definition) is 1. The Hall–Kier alpha value is -3.49. The Balaban J connectivity index is 1.72. The van der Waals surface area contributed by atoms with Crippen molar-refractivity contribution in [3.8, 4) is 11.4 Å². The molecule has 4 rings (SSSR count). The number of carbonyl (C=O) groups excluding carboxylic acids is 1. The summed E-state index contributed by atoms with van der Waals surface area (Å²) >= 11 is 0. The zero-order valence-electron chi connectivity index (χ0n) is 15.9. The largest absolute Gasteiger partial charge is 0.366 e. The molecule has 1 fully saturated rings. The lowest BCUT2D eigenvalue weighted by Gasteiger charge is -2.35. The molecule has 4 heterocycles. The maximum Gasteiger partial charge on any atom is 0.329 e. The van der Waals surface area contributed by atoms with Gasteiger partial charge in [0.05, 0.1) is 23.6 Å². The quantitative estimate of drug-likeness (QED) is 0.826. The van der Waals surface area contributed by atoms with Gasteiger partial charge in [0.25, 0.3) is 0 Å². The number of fused-ring (bicyclic) bond motifs is 4. The average molecular weight is 378 g/mol. The fourth-order valence-corrected chi connectivity index (χ4v) is 3.66. The summed E-state index contributed by atoms with van der Waals surface area (Å²) in [5.41, 5.74) is 2.45. The number of anilines is 2. The summed E-state index contributed by atoms with van der Waals surface area (Å²) in [6.07, 6.45) is 5.77. The molecule has 0 saturated carbocycles. The number of nitrogens with zero attached hydrogens (tertiary/aromatic N) is 7. The molecule has 2 aliphatic rings. The van der Waals surface area contributed by atoms with Crippen molar-refractivity contribution in [2.45, 2.75) is 19.4 Å². The van der Waals surface area contributed by atoms with Crippen LogP contribution in [-0.2, 0) is 7.05 Å². The lowest BCUT2D eigenvalue weighted by Crippen LogP contribution is -2.50. The second-order valence-electron chi connectivity index (χ2n) is 6.69. The van der Waals surface area contributed by atoms with E-state index in [-0.39, 0.29) is 12.1 Å². The van der Waals surface area contributed by atoms with Crippen LogP contribution in [0.2, 0.25) is 0 Å². The number of rotatable bonds is 4. The molecule has 9 nitrogen and oxygen atoms in total. The number of pyridine rings is 1. The van der Waals surface area contributed by atoms with E-state index >= 15 is 0 Å². The smallest absolute Gasteiger partial charge is 0.329 e. The van der Waals surface area contributed by atoms with E-state index in [1.807, 2.05) is 31.4 Å². The summed E-state index contributed by atoms with van der Waals surface area (Å²) in [7, 11) is 1.86. The SMILES string of the molecule is C=N/C=C(\N=C/C)NC(=O)N1c2nc(-c3ccn(C)n3)ccc2N2CC[C@H]1C2. The van der Waals surface area contributed by atoms with Crippen molar-refractivity contribution < 1.29 is 4.79 Å². The lowest BCUT2D eigenvalue weighted by atomic mass is 10.1. The highest BCUT2D eigenvalue weighted by molar-refractivity contribution is 5.98. The van der Waals surface area contributed by atoms with Crippen molar-refractivity contribution in [2.24, 2.45) is 17.0 Å². The van der Waals surface area contributed by atoms with E-state index < -0.39 is 0 Å². The number of carbonyl (C=O) groups is 1. The van der Waals surface area contributed by atoms with Crippen molar-refractivity contribution in [3.05, 3.63) is 36.4 Å². The molecule has 2 aromatic rings. The van der Waals surface area contributed by atoms with Crippen LogP contribution in [0.5, 0.6) is 0 Å². The predicted octanol–water partition coefficient (Wildman–Crippen LogP) is 2.18. The van der Waals surface area contributed by atoms with Gasteiger partial charge in [0.1, 0.15) is 5.69 Å². The molecule has 2 aromatic heterocycles. The first kappa shape index (κ1) is 17.9. The number of aromatic nitrogens is 3.